The Labute approximate surface area is 125 Å². The second kappa shape index (κ2) is 6.31. The number of hydrogen-bond acceptors (Lipinski definition) is 7. The molecule has 7 nitrogen and oxygen atoms in total. The molecule has 0 aliphatic rings. The van der Waals surface area contributed by atoms with Crippen LogP contribution in [0.3, 0.4) is 0 Å². The lowest BCUT2D eigenvalue weighted by Crippen LogP contribution is -2.22. The average Bonchev–Trinajstić information content (AvgIpc) is 2.99. The molecule has 0 aliphatic carbocycles. The third-order valence-electron chi connectivity index (χ3n) is 2.49. The van der Waals surface area contributed by atoms with Crippen molar-refractivity contribution in [2.24, 2.45) is 7.05 Å². The molecule has 0 saturated carbocycles. The van der Waals surface area contributed by atoms with Crippen LogP contribution in [0.1, 0.15) is 31.7 Å². The quantitative estimate of drug-likeness (QED) is 0.849. The summed E-state index contributed by atoms with van der Waals surface area (Å²) in [6, 6.07) is 0. The van der Waals surface area contributed by atoms with Crippen LogP contribution in [0, 0.1) is 0 Å². The Balaban J connectivity index is 1.95. The number of nitrogens with zero attached hydrogens (tertiary/aromatic N) is 5. The van der Waals surface area contributed by atoms with Crippen LogP contribution in [-0.4, -0.2) is 36.1 Å². The van der Waals surface area contributed by atoms with Crippen molar-refractivity contribution in [1.82, 2.24) is 25.0 Å². The molecule has 2 heterocycles. The second-order valence-electron chi connectivity index (χ2n) is 4.57. The summed E-state index contributed by atoms with van der Waals surface area (Å²) < 4.78 is 1.77. The first-order valence-corrected chi connectivity index (χ1v) is 7.82. The highest BCUT2D eigenvalue weighted by atomic mass is 32.2. The third-order valence-corrected chi connectivity index (χ3v) is 4.77. The molecular formula is C11H16N6OS2. The van der Waals surface area contributed by atoms with Crippen LogP contribution in [0.4, 0.5) is 5.13 Å². The molecule has 1 amide bonds. The molecule has 2 rings (SSSR count). The first-order chi connectivity index (χ1) is 9.47. The highest BCUT2D eigenvalue weighted by Crippen LogP contribution is 2.24. The molecule has 0 radical (unpaired) electrons. The summed E-state index contributed by atoms with van der Waals surface area (Å²) in [6.07, 6.45) is 1.60. The van der Waals surface area contributed by atoms with E-state index in [4.69, 9.17) is 0 Å². The van der Waals surface area contributed by atoms with Crippen molar-refractivity contribution in [2.75, 3.05) is 5.32 Å². The average molecular weight is 312 g/mol. The minimum atomic E-state index is -0.288. The summed E-state index contributed by atoms with van der Waals surface area (Å²) in [5.41, 5.74) is 0. The molecule has 0 bridgehead atoms. The molecule has 0 aliphatic heterocycles. The van der Waals surface area contributed by atoms with E-state index in [1.807, 2.05) is 27.8 Å². The number of aryl methyl sites for hydroxylation is 1. The van der Waals surface area contributed by atoms with Gasteiger partial charge in [-0.1, -0.05) is 36.9 Å². The molecule has 20 heavy (non-hydrogen) atoms. The summed E-state index contributed by atoms with van der Waals surface area (Å²) in [5, 5.41) is 20.4. The Hall–Kier alpha value is -1.48. The Kier molecular flexibility index (Phi) is 4.71. The molecule has 0 spiro atoms. The van der Waals surface area contributed by atoms with Gasteiger partial charge in [-0.15, -0.1) is 20.4 Å². The van der Waals surface area contributed by atoms with Crippen molar-refractivity contribution >= 4 is 34.1 Å². The van der Waals surface area contributed by atoms with Crippen LogP contribution in [0.25, 0.3) is 0 Å². The minimum absolute atomic E-state index is 0.121. The standard InChI is InChI=1S/C11H16N6OS2/c1-6(2)9-14-15-10(20-9)13-8(18)7(3)19-11-16-12-5-17(11)4/h5-7H,1-4H3,(H,13,15,18)/t7-/m0/s1. The lowest BCUT2D eigenvalue weighted by molar-refractivity contribution is -0.115. The molecule has 1 N–H and O–H groups in total. The van der Waals surface area contributed by atoms with Crippen molar-refractivity contribution < 1.29 is 4.79 Å². The molecule has 2 aromatic heterocycles. The number of aromatic nitrogens is 5. The topological polar surface area (TPSA) is 85.6 Å². The lowest BCUT2D eigenvalue weighted by atomic mass is 10.2. The van der Waals surface area contributed by atoms with E-state index in [0.717, 1.165) is 5.01 Å². The van der Waals surface area contributed by atoms with Crippen LogP contribution in [0.5, 0.6) is 0 Å². The third kappa shape index (κ3) is 3.54. The Morgan fingerprint density at radius 2 is 2.10 bits per heavy atom. The van der Waals surface area contributed by atoms with E-state index in [0.29, 0.717) is 16.2 Å². The summed E-state index contributed by atoms with van der Waals surface area (Å²) in [4.78, 5) is 12.1. The van der Waals surface area contributed by atoms with Crippen LogP contribution in [0.15, 0.2) is 11.5 Å². The van der Waals surface area contributed by atoms with Gasteiger partial charge in [-0.2, -0.15) is 0 Å². The number of rotatable bonds is 5. The van der Waals surface area contributed by atoms with E-state index in [1.54, 1.807) is 10.9 Å². The first kappa shape index (κ1) is 14.9. The molecule has 2 aromatic rings. The van der Waals surface area contributed by atoms with Gasteiger partial charge in [0.15, 0.2) is 5.16 Å². The number of hydrogen-bond donors (Lipinski definition) is 1. The first-order valence-electron chi connectivity index (χ1n) is 6.12. The van der Waals surface area contributed by atoms with Crippen LogP contribution in [-0.2, 0) is 11.8 Å². The van der Waals surface area contributed by atoms with Gasteiger partial charge in [0.1, 0.15) is 11.3 Å². The predicted molar refractivity (Wildman–Crippen MR) is 78.9 cm³/mol. The van der Waals surface area contributed by atoms with Gasteiger partial charge >= 0.3 is 0 Å². The van der Waals surface area contributed by atoms with Crippen molar-refractivity contribution in [3.05, 3.63) is 11.3 Å². The van der Waals surface area contributed by atoms with E-state index in [9.17, 15) is 4.79 Å². The predicted octanol–water partition coefficient (Wildman–Crippen LogP) is 1.91. The molecule has 108 valence electrons. The monoisotopic (exact) mass is 312 g/mol. The summed E-state index contributed by atoms with van der Waals surface area (Å²) >= 11 is 2.75. The van der Waals surface area contributed by atoms with Gasteiger partial charge in [0.2, 0.25) is 11.0 Å². The second-order valence-corrected chi connectivity index (χ2v) is 6.89. The SMILES string of the molecule is CC(C)c1nnc(NC(=O)[C@H](C)Sc2nncn2C)s1. The van der Waals surface area contributed by atoms with Gasteiger partial charge in [0.05, 0.1) is 5.25 Å². The summed E-state index contributed by atoms with van der Waals surface area (Å²) in [5.74, 6) is 0.188. The van der Waals surface area contributed by atoms with Gasteiger partial charge in [0.25, 0.3) is 0 Å². The fourth-order valence-electron chi connectivity index (χ4n) is 1.32. The maximum Gasteiger partial charge on any atom is 0.239 e. The number of amides is 1. The fourth-order valence-corrected chi connectivity index (χ4v) is 2.85. The Morgan fingerprint density at radius 3 is 2.65 bits per heavy atom. The van der Waals surface area contributed by atoms with Gasteiger partial charge in [0, 0.05) is 13.0 Å². The smallest absolute Gasteiger partial charge is 0.239 e. The summed E-state index contributed by atoms with van der Waals surface area (Å²) in [6.45, 7) is 5.90. The highest BCUT2D eigenvalue weighted by Gasteiger charge is 2.19. The molecule has 0 unspecified atom stereocenters. The molecule has 1 atom stereocenters. The Morgan fingerprint density at radius 1 is 1.35 bits per heavy atom. The maximum atomic E-state index is 12.1. The molecule has 0 aromatic carbocycles. The molecule has 9 heteroatoms. The fraction of sp³-hybridized carbons (Fsp3) is 0.545. The molecule has 0 saturated heterocycles. The van der Waals surface area contributed by atoms with Crippen LogP contribution >= 0.6 is 23.1 Å². The molecular weight excluding hydrogens is 296 g/mol. The normalized spacial score (nSPS) is 12.7. The van der Waals surface area contributed by atoms with E-state index < -0.39 is 0 Å². The zero-order valence-electron chi connectivity index (χ0n) is 11.7. The Bertz CT molecular complexity index is 593. The zero-order valence-corrected chi connectivity index (χ0v) is 13.3. The zero-order chi connectivity index (χ0) is 14.7. The largest absolute Gasteiger partial charge is 0.312 e. The number of carbonyl (C=O) groups excluding carboxylic acids is 1. The van der Waals surface area contributed by atoms with Crippen molar-refractivity contribution in [2.45, 2.75) is 37.1 Å². The van der Waals surface area contributed by atoms with Crippen molar-refractivity contribution in [1.29, 1.82) is 0 Å². The van der Waals surface area contributed by atoms with Crippen LogP contribution < -0.4 is 5.32 Å². The lowest BCUT2D eigenvalue weighted by Gasteiger charge is -2.08. The summed E-state index contributed by atoms with van der Waals surface area (Å²) in [7, 11) is 1.84. The van der Waals surface area contributed by atoms with Gasteiger partial charge in [-0.25, -0.2) is 0 Å². The number of thioether (sulfide) groups is 1. The van der Waals surface area contributed by atoms with Crippen LogP contribution in [0.2, 0.25) is 0 Å². The van der Waals surface area contributed by atoms with Gasteiger partial charge in [-0.3, -0.25) is 10.1 Å². The van der Waals surface area contributed by atoms with E-state index >= 15 is 0 Å². The van der Waals surface area contributed by atoms with E-state index in [-0.39, 0.29) is 11.2 Å². The maximum absolute atomic E-state index is 12.1. The number of carbonyl (C=O) groups is 1. The number of nitrogens with one attached hydrogen (secondary N) is 1. The van der Waals surface area contributed by atoms with Gasteiger partial charge < -0.3 is 4.57 Å². The molecule has 0 fully saturated rings. The van der Waals surface area contributed by atoms with Gasteiger partial charge in [-0.05, 0) is 6.92 Å². The highest BCUT2D eigenvalue weighted by molar-refractivity contribution is 8.00. The van der Waals surface area contributed by atoms with E-state index in [1.165, 1.54) is 23.1 Å². The van der Waals surface area contributed by atoms with Crippen molar-refractivity contribution in [3.63, 3.8) is 0 Å². The van der Waals surface area contributed by atoms with Crippen molar-refractivity contribution in [3.8, 4) is 0 Å². The minimum Gasteiger partial charge on any atom is -0.312 e. The number of anilines is 1. The van der Waals surface area contributed by atoms with E-state index in [2.05, 4.69) is 25.7 Å².